The van der Waals surface area contributed by atoms with E-state index in [1.807, 2.05) is 35.2 Å². The second kappa shape index (κ2) is 7.31. The number of carbonyl (C=O) groups is 1. The Kier molecular flexibility index (Phi) is 4.37. The summed E-state index contributed by atoms with van der Waals surface area (Å²) in [6.07, 6.45) is 2.60. The maximum atomic E-state index is 13.5. The summed E-state index contributed by atoms with van der Waals surface area (Å²) in [4.78, 5) is 36.6. The summed E-state index contributed by atoms with van der Waals surface area (Å²) in [5.74, 6) is 1.02. The van der Waals surface area contributed by atoms with E-state index in [0.717, 1.165) is 0 Å². The Bertz CT molecular complexity index is 1480. The molecule has 6 rings (SSSR count). The highest BCUT2D eigenvalue weighted by Gasteiger charge is 2.39. The van der Waals surface area contributed by atoms with Gasteiger partial charge in [0.25, 0.3) is 5.56 Å². The fraction of sp³-hybridized carbons (Fsp3) is 0.227. The van der Waals surface area contributed by atoms with Crippen molar-refractivity contribution in [1.82, 2.24) is 24.1 Å². The number of nitrogen functional groups attached to an aromatic ring is 1. The van der Waals surface area contributed by atoms with E-state index in [0.29, 0.717) is 46.4 Å². The molecule has 4 aromatic rings. The highest BCUT2D eigenvalue weighted by molar-refractivity contribution is 6.33. The average molecular weight is 464 g/mol. The summed E-state index contributed by atoms with van der Waals surface area (Å²) in [6.45, 7) is 0.862. The zero-order valence-electron chi connectivity index (χ0n) is 17.3. The third kappa shape index (κ3) is 2.98. The van der Waals surface area contributed by atoms with E-state index >= 15 is 0 Å². The maximum Gasteiger partial charge on any atom is 0.284 e. The molecule has 166 valence electrons. The number of hydrogen-bond donors (Lipinski definition) is 1. The zero-order chi connectivity index (χ0) is 22.7. The summed E-state index contributed by atoms with van der Waals surface area (Å²) in [7, 11) is 0. The van der Waals surface area contributed by atoms with Crippen LogP contribution in [0.1, 0.15) is 35.1 Å². The molecule has 5 heterocycles. The highest BCUT2D eigenvalue weighted by Crippen LogP contribution is 2.41. The molecule has 1 saturated heterocycles. The molecule has 0 spiro atoms. The van der Waals surface area contributed by atoms with E-state index in [9.17, 15) is 9.59 Å². The van der Waals surface area contributed by atoms with Crippen LogP contribution in [-0.4, -0.2) is 43.1 Å². The van der Waals surface area contributed by atoms with Crippen molar-refractivity contribution in [2.45, 2.75) is 18.9 Å². The minimum absolute atomic E-state index is 0.0187. The maximum absolute atomic E-state index is 13.5. The Labute approximate surface area is 192 Å². The van der Waals surface area contributed by atoms with Crippen LogP contribution in [0.15, 0.2) is 47.4 Å². The van der Waals surface area contributed by atoms with Crippen molar-refractivity contribution in [2.24, 2.45) is 0 Å². The molecule has 0 amide bonds. The lowest BCUT2D eigenvalue weighted by Crippen LogP contribution is -2.46. The summed E-state index contributed by atoms with van der Waals surface area (Å²) >= 11 is 6.29. The number of aromatic nitrogens is 5. The number of fused-ring (bicyclic) bond motifs is 2. The molecule has 1 aromatic carbocycles. The van der Waals surface area contributed by atoms with Crippen molar-refractivity contribution < 1.29 is 9.53 Å². The van der Waals surface area contributed by atoms with Gasteiger partial charge in [0.15, 0.2) is 11.6 Å². The molecule has 2 aliphatic heterocycles. The van der Waals surface area contributed by atoms with Crippen LogP contribution in [0, 0.1) is 0 Å². The van der Waals surface area contributed by atoms with Crippen molar-refractivity contribution >= 4 is 34.7 Å². The van der Waals surface area contributed by atoms with Crippen molar-refractivity contribution in [2.75, 3.05) is 23.8 Å². The van der Waals surface area contributed by atoms with Crippen LogP contribution in [0.4, 0.5) is 11.8 Å². The Morgan fingerprint density at radius 1 is 1.12 bits per heavy atom. The van der Waals surface area contributed by atoms with Crippen LogP contribution in [0.3, 0.4) is 0 Å². The van der Waals surface area contributed by atoms with Gasteiger partial charge < -0.3 is 15.4 Å². The average Bonchev–Trinajstić information content (AvgIpc) is 3.14. The Hall–Kier alpha value is -3.92. The number of ketones is 1. The number of nitrogens with two attached hydrogens (primary N) is 1. The van der Waals surface area contributed by atoms with E-state index in [4.69, 9.17) is 27.2 Å². The SMILES string of the molecule is Nc1nc2c(c(N3CC[C@H]3c3nn4ccc(Cl)c4c(=O)n3-c3ccccc3)n1)C(=O)CCO2. The van der Waals surface area contributed by atoms with E-state index in [-0.39, 0.29) is 42.2 Å². The van der Waals surface area contributed by atoms with Gasteiger partial charge in [-0.05, 0) is 24.6 Å². The van der Waals surface area contributed by atoms with Crippen molar-refractivity contribution in [3.05, 3.63) is 69.4 Å². The van der Waals surface area contributed by atoms with Gasteiger partial charge in [-0.3, -0.25) is 14.2 Å². The predicted molar refractivity (Wildman–Crippen MR) is 121 cm³/mol. The third-order valence-corrected chi connectivity index (χ3v) is 6.29. The third-order valence-electron chi connectivity index (χ3n) is 5.99. The minimum Gasteiger partial charge on any atom is -0.476 e. The first-order valence-electron chi connectivity index (χ1n) is 10.5. The van der Waals surface area contributed by atoms with Gasteiger partial charge in [-0.1, -0.05) is 29.8 Å². The van der Waals surface area contributed by atoms with Crippen LogP contribution >= 0.6 is 11.6 Å². The number of rotatable bonds is 3. The molecular formula is C22H18ClN7O3. The fourth-order valence-electron chi connectivity index (χ4n) is 4.37. The molecule has 1 atom stereocenters. The van der Waals surface area contributed by atoms with Crippen LogP contribution in [-0.2, 0) is 0 Å². The lowest BCUT2D eigenvalue weighted by Gasteiger charge is -2.42. The van der Waals surface area contributed by atoms with E-state index < -0.39 is 0 Å². The molecule has 0 radical (unpaired) electrons. The normalized spacial score (nSPS) is 17.5. The predicted octanol–water partition coefficient (Wildman–Crippen LogP) is 2.43. The van der Waals surface area contributed by atoms with Crippen LogP contribution in [0.2, 0.25) is 5.02 Å². The molecule has 1 fully saturated rings. The summed E-state index contributed by atoms with van der Waals surface area (Å²) in [5.41, 5.74) is 6.92. The summed E-state index contributed by atoms with van der Waals surface area (Å²) in [5, 5.41) is 5.08. The number of hydrogen-bond acceptors (Lipinski definition) is 8. The molecule has 3 aromatic heterocycles. The van der Waals surface area contributed by atoms with Crippen molar-refractivity contribution in [3.63, 3.8) is 0 Å². The second-order valence-electron chi connectivity index (χ2n) is 7.90. The molecule has 0 bridgehead atoms. The van der Waals surface area contributed by atoms with Crippen LogP contribution < -0.4 is 20.9 Å². The number of ether oxygens (including phenoxy) is 1. The molecule has 10 nitrogen and oxygen atoms in total. The van der Waals surface area contributed by atoms with Gasteiger partial charge in [-0.15, -0.1) is 0 Å². The molecule has 0 unspecified atom stereocenters. The molecular weight excluding hydrogens is 446 g/mol. The minimum atomic E-state index is -0.323. The molecule has 2 aliphatic rings. The number of para-hydroxylation sites is 1. The number of anilines is 2. The van der Waals surface area contributed by atoms with E-state index in [2.05, 4.69) is 9.97 Å². The van der Waals surface area contributed by atoms with Crippen molar-refractivity contribution in [1.29, 1.82) is 0 Å². The first-order chi connectivity index (χ1) is 16.0. The first-order valence-corrected chi connectivity index (χ1v) is 10.9. The lowest BCUT2D eigenvalue weighted by atomic mass is 9.99. The monoisotopic (exact) mass is 463 g/mol. The molecule has 2 N–H and O–H groups in total. The largest absolute Gasteiger partial charge is 0.476 e. The lowest BCUT2D eigenvalue weighted by molar-refractivity contribution is 0.0929. The Balaban J connectivity index is 1.55. The molecule has 0 saturated carbocycles. The zero-order valence-corrected chi connectivity index (χ0v) is 18.1. The second-order valence-corrected chi connectivity index (χ2v) is 8.30. The standard InChI is InChI=1S/C22H18ClN7O3/c23-13-6-10-29-17(13)21(32)30(12-4-2-1-3-5-12)18(27-29)14-7-9-28(14)19-16-15(31)8-11-33-20(16)26-22(24)25-19/h1-6,10,14H,7-9,11H2,(H2,24,25,26)/t14-/m0/s1. The van der Waals surface area contributed by atoms with Gasteiger partial charge in [-0.25, -0.2) is 4.52 Å². The molecule has 11 heteroatoms. The van der Waals surface area contributed by atoms with Gasteiger partial charge in [0.05, 0.1) is 23.4 Å². The van der Waals surface area contributed by atoms with Crippen LogP contribution in [0.25, 0.3) is 11.2 Å². The number of Topliss-reactive ketones (excluding diaryl/α,β-unsaturated/α-hetero) is 1. The summed E-state index contributed by atoms with van der Waals surface area (Å²) < 4.78 is 8.64. The Morgan fingerprint density at radius 3 is 2.70 bits per heavy atom. The quantitative estimate of drug-likeness (QED) is 0.491. The number of halogens is 1. The van der Waals surface area contributed by atoms with Crippen LogP contribution in [0.5, 0.6) is 5.88 Å². The van der Waals surface area contributed by atoms with E-state index in [1.165, 1.54) is 4.52 Å². The smallest absolute Gasteiger partial charge is 0.284 e. The number of nitrogens with zero attached hydrogens (tertiary/aromatic N) is 6. The molecule has 0 aliphatic carbocycles. The van der Waals surface area contributed by atoms with Gasteiger partial charge in [-0.2, -0.15) is 15.1 Å². The van der Waals surface area contributed by atoms with Gasteiger partial charge in [0, 0.05) is 19.2 Å². The first kappa shape index (κ1) is 19.7. The fourth-order valence-corrected chi connectivity index (χ4v) is 4.59. The van der Waals surface area contributed by atoms with Gasteiger partial charge >= 0.3 is 0 Å². The summed E-state index contributed by atoms with van der Waals surface area (Å²) in [6, 6.07) is 10.6. The number of benzene rings is 1. The molecule has 33 heavy (non-hydrogen) atoms. The number of carbonyl (C=O) groups excluding carboxylic acids is 1. The van der Waals surface area contributed by atoms with Gasteiger partial charge in [0.2, 0.25) is 11.8 Å². The van der Waals surface area contributed by atoms with Gasteiger partial charge in [0.1, 0.15) is 16.9 Å². The Morgan fingerprint density at radius 2 is 1.94 bits per heavy atom. The topological polar surface area (TPSA) is 121 Å². The van der Waals surface area contributed by atoms with Crippen molar-refractivity contribution in [3.8, 4) is 11.6 Å². The van der Waals surface area contributed by atoms with E-state index in [1.54, 1.807) is 16.8 Å². The highest BCUT2D eigenvalue weighted by atomic mass is 35.5.